The zero-order chi connectivity index (χ0) is 22.6. The largest absolute Gasteiger partial charge is 0.488 e. The fourth-order valence-electron chi connectivity index (χ4n) is 4.03. The Kier molecular flexibility index (Phi) is 5.93. The van der Waals surface area contributed by atoms with Crippen molar-refractivity contribution in [3.8, 4) is 11.8 Å². The van der Waals surface area contributed by atoms with E-state index in [1.165, 1.54) is 10.8 Å². The van der Waals surface area contributed by atoms with Crippen LogP contribution in [0.2, 0.25) is 0 Å². The van der Waals surface area contributed by atoms with Crippen LogP contribution in [0.5, 0.6) is 5.75 Å². The molecule has 0 aliphatic rings. The average molecular weight is 490 g/mol. The average Bonchev–Trinajstić information content (AvgIpc) is 2.86. The van der Waals surface area contributed by atoms with Crippen LogP contribution >= 0.6 is 15.9 Å². The van der Waals surface area contributed by atoms with Gasteiger partial charge in [-0.1, -0.05) is 94.8 Å². The molecule has 0 aromatic heterocycles. The molecule has 0 amide bonds. The zero-order valence-electron chi connectivity index (χ0n) is 17.8. The number of allylic oxidation sites excluding steroid dienone is 1. The molecule has 33 heavy (non-hydrogen) atoms. The molecular weight excluding hydrogens is 470 g/mol. The Bertz CT molecular complexity index is 1540. The number of nitrogens with zero attached hydrogens (tertiary/aromatic N) is 1. The standard InChI is InChI=1S/C30H20BrNO/c31-28-14-15-30(33-20-25-10-5-9-22-7-3-4-11-29(22)25)26(18-28)17-27(19-32)24-13-12-21-6-1-2-8-23(21)16-24/h1-18H,20H2/b27-17-. The summed E-state index contributed by atoms with van der Waals surface area (Å²) in [5.74, 6) is 0.736. The number of benzene rings is 5. The summed E-state index contributed by atoms with van der Waals surface area (Å²) < 4.78 is 7.20. The summed E-state index contributed by atoms with van der Waals surface area (Å²) in [7, 11) is 0. The lowest BCUT2D eigenvalue weighted by Crippen LogP contribution is -1.98. The maximum atomic E-state index is 9.93. The van der Waals surface area contributed by atoms with Crippen molar-refractivity contribution in [3.63, 3.8) is 0 Å². The van der Waals surface area contributed by atoms with Crippen LogP contribution in [0, 0.1) is 11.3 Å². The van der Waals surface area contributed by atoms with E-state index in [1.54, 1.807) is 0 Å². The van der Waals surface area contributed by atoms with Crippen molar-refractivity contribution in [1.82, 2.24) is 0 Å². The van der Waals surface area contributed by atoms with Crippen LogP contribution < -0.4 is 4.74 Å². The van der Waals surface area contributed by atoms with Crippen LogP contribution in [0.25, 0.3) is 33.2 Å². The van der Waals surface area contributed by atoms with Gasteiger partial charge in [0.15, 0.2) is 0 Å². The molecule has 0 saturated carbocycles. The summed E-state index contributed by atoms with van der Waals surface area (Å²) >= 11 is 3.56. The van der Waals surface area contributed by atoms with Gasteiger partial charge in [0.05, 0.1) is 11.6 Å². The lowest BCUT2D eigenvalue weighted by molar-refractivity contribution is 0.307. The van der Waals surface area contributed by atoms with E-state index in [-0.39, 0.29) is 0 Å². The van der Waals surface area contributed by atoms with Gasteiger partial charge in [0.2, 0.25) is 0 Å². The minimum atomic E-state index is 0.446. The molecule has 5 rings (SSSR count). The summed E-state index contributed by atoms with van der Waals surface area (Å²) in [6.45, 7) is 0.446. The number of fused-ring (bicyclic) bond motifs is 2. The van der Waals surface area contributed by atoms with Gasteiger partial charge in [0.1, 0.15) is 12.4 Å². The second-order valence-electron chi connectivity index (χ2n) is 7.84. The molecule has 0 fully saturated rings. The van der Waals surface area contributed by atoms with E-state index in [4.69, 9.17) is 4.74 Å². The van der Waals surface area contributed by atoms with Crippen molar-refractivity contribution in [2.45, 2.75) is 6.61 Å². The van der Waals surface area contributed by atoms with Crippen molar-refractivity contribution in [1.29, 1.82) is 5.26 Å². The SMILES string of the molecule is N#C/C(=C/c1cc(Br)ccc1OCc1cccc2ccccc12)c1ccc2ccccc2c1. The normalized spacial score (nSPS) is 11.5. The Morgan fingerprint density at radius 2 is 1.55 bits per heavy atom. The number of hydrogen-bond donors (Lipinski definition) is 0. The molecule has 0 heterocycles. The highest BCUT2D eigenvalue weighted by molar-refractivity contribution is 9.10. The van der Waals surface area contributed by atoms with Gasteiger partial charge >= 0.3 is 0 Å². The van der Waals surface area contributed by atoms with E-state index < -0.39 is 0 Å². The van der Waals surface area contributed by atoms with E-state index >= 15 is 0 Å². The fraction of sp³-hybridized carbons (Fsp3) is 0.0333. The Labute approximate surface area is 201 Å². The van der Waals surface area contributed by atoms with Gasteiger partial charge < -0.3 is 4.74 Å². The van der Waals surface area contributed by atoms with Crippen LogP contribution in [-0.4, -0.2) is 0 Å². The summed E-state index contributed by atoms with van der Waals surface area (Å²) in [5.41, 5.74) is 3.46. The molecule has 5 aromatic rings. The third-order valence-electron chi connectivity index (χ3n) is 5.72. The minimum Gasteiger partial charge on any atom is -0.488 e. The van der Waals surface area contributed by atoms with Gasteiger partial charge in [0, 0.05) is 10.0 Å². The van der Waals surface area contributed by atoms with E-state index in [1.807, 2.05) is 54.6 Å². The summed E-state index contributed by atoms with van der Waals surface area (Å²) in [4.78, 5) is 0. The first-order valence-corrected chi connectivity index (χ1v) is 11.5. The predicted molar refractivity (Wildman–Crippen MR) is 140 cm³/mol. The Morgan fingerprint density at radius 3 is 2.39 bits per heavy atom. The molecule has 3 heteroatoms. The Morgan fingerprint density at radius 1 is 0.788 bits per heavy atom. The molecule has 0 aliphatic carbocycles. The molecule has 158 valence electrons. The highest BCUT2D eigenvalue weighted by atomic mass is 79.9. The second-order valence-corrected chi connectivity index (χ2v) is 8.76. The molecule has 0 bridgehead atoms. The second kappa shape index (κ2) is 9.32. The number of hydrogen-bond acceptors (Lipinski definition) is 2. The number of nitriles is 1. The van der Waals surface area contributed by atoms with Crippen molar-refractivity contribution in [2.24, 2.45) is 0 Å². The molecule has 0 saturated heterocycles. The first-order valence-electron chi connectivity index (χ1n) is 10.7. The molecule has 0 N–H and O–H groups in total. The van der Waals surface area contributed by atoms with Crippen molar-refractivity contribution in [3.05, 3.63) is 124 Å². The Hall–Kier alpha value is -3.87. The molecule has 0 atom stereocenters. The molecule has 0 radical (unpaired) electrons. The fourth-order valence-corrected chi connectivity index (χ4v) is 4.41. The molecule has 2 nitrogen and oxygen atoms in total. The van der Waals surface area contributed by atoms with Gasteiger partial charge in [-0.25, -0.2) is 0 Å². The molecule has 0 aliphatic heterocycles. The van der Waals surface area contributed by atoms with Crippen molar-refractivity contribution in [2.75, 3.05) is 0 Å². The van der Waals surface area contributed by atoms with Crippen LogP contribution in [0.4, 0.5) is 0 Å². The molecular formula is C30H20BrNO. The van der Waals surface area contributed by atoms with E-state index in [0.717, 1.165) is 37.7 Å². The minimum absolute atomic E-state index is 0.446. The number of rotatable bonds is 5. The number of ether oxygens (including phenoxy) is 1. The summed E-state index contributed by atoms with van der Waals surface area (Å²) in [6, 6.07) is 37.1. The van der Waals surface area contributed by atoms with E-state index in [2.05, 4.69) is 76.6 Å². The topological polar surface area (TPSA) is 33.0 Å². The van der Waals surface area contributed by atoms with E-state index in [0.29, 0.717) is 12.2 Å². The Balaban J connectivity index is 1.49. The van der Waals surface area contributed by atoms with Gasteiger partial charge in [-0.3, -0.25) is 0 Å². The van der Waals surface area contributed by atoms with Crippen LogP contribution in [0.3, 0.4) is 0 Å². The third kappa shape index (κ3) is 4.53. The predicted octanol–water partition coefficient (Wildman–Crippen LogP) is 8.40. The van der Waals surface area contributed by atoms with Gasteiger partial charge in [0.25, 0.3) is 0 Å². The first-order chi connectivity index (χ1) is 16.2. The number of halogens is 1. The molecule has 0 unspecified atom stereocenters. The van der Waals surface area contributed by atoms with Crippen LogP contribution in [0.1, 0.15) is 16.7 Å². The molecule has 0 spiro atoms. The molecule has 5 aromatic carbocycles. The maximum absolute atomic E-state index is 9.93. The highest BCUT2D eigenvalue weighted by Crippen LogP contribution is 2.30. The quantitative estimate of drug-likeness (QED) is 0.183. The van der Waals surface area contributed by atoms with Crippen molar-refractivity contribution < 1.29 is 4.74 Å². The van der Waals surface area contributed by atoms with Gasteiger partial charge in [-0.2, -0.15) is 5.26 Å². The third-order valence-corrected chi connectivity index (χ3v) is 6.21. The zero-order valence-corrected chi connectivity index (χ0v) is 19.4. The monoisotopic (exact) mass is 489 g/mol. The van der Waals surface area contributed by atoms with Crippen molar-refractivity contribution >= 4 is 49.1 Å². The lowest BCUT2D eigenvalue weighted by Gasteiger charge is -2.12. The maximum Gasteiger partial charge on any atom is 0.127 e. The smallest absolute Gasteiger partial charge is 0.127 e. The van der Waals surface area contributed by atoms with Crippen LogP contribution in [-0.2, 0) is 6.61 Å². The van der Waals surface area contributed by atoms with E-state index in [9.17, 15) is 5.26 Å². The first kappa shape index (κ1) is 21.0. The van der Waals surface area contributed by atoms with Gasteiger partial charge in [-0.05, 0) is 63.0 Å². The summed E-state index contributed by atoms with van der Waals surface area (Å²) in [6.07, 6.45) is 1.90. The highest BCUT2D eigenvalue weighted by Gasteiger charge is 2.09. The summed E-state index contributed by atoms with van der Waals surface area (Å²) in [5, 5.41) is 14.6. The van der Waals surface area contributed by atoms with Crippen LogP contribution in [0.15, 0.2) is 108 Å². The lowest BCUT2D eigenvalue weighted by atomic mass is 10.00. The van der Waals surface area contributed by atoms with Gasteiger partial charge in [-0.15, -0.1) is 0 Å².